The smallest absolute Gasteiger partial charge is 0.329 e. The Labute approximate surface area is 138 Å². The van der Waals surface area contributed by atoms with Gasteiger partial charge in [-0.05, 0) is 31.9 Å². The molecule has 0 saturated carbocycles. The Balaban J connectivity index is 1.62. The highest BCUT2D eigenvalue weighted by atomic mass is 16.5. The van der Waals surface area contributed by atoms with Crippen molar-refractivity contribution >= 4 is 23.6 Å². The van der Waals surface area contributed by atoms with Crippen LogP contribution < -0.4 is 0 Å². The molecule has 1 aliphatic heterocycles. The molecule has 1 aromatic heterocycles. The first-order valence-corrected chi connectivity index (χ1v) is 7.86. The van der Waals surface area contributed by atoms with Crippen LogP contribution >= 0.6 is 0 Å². The molecule has 3 rings (SSSR count). The predicted molar refractivity (Wildman–Crippen MR) is 82.8 cm³/mol. The van der Waals surface area contributed by atoms with Gasteiger partial charge in [0.05, 0.1) is 17.5 Å². The summed E-state index contributed by atoms with van der Waals surface area (Å²) in [5, 5.41) is 0. The average Bonchev–Trinajstić information content (AvgIpc) is 3.20. The highest BCUT2D eigenvalue weighted by molar-refractivity contribution is 6.08. The number of aromatic nitrogens is 1. The number of nitrogens with zero attached hydrogens (tertiary/aromatic N) is 1. The lowest BCUT2D eigenvalue weighted by molar-refractivity contribution is -0.157. The third-order valence-electron chi connectivity index (χ3n) is 4.51. The standard InChI is InChI=1S/C17H18N2O5/c1-10(17(23)24-9-14(20)13-7-4-8-18-13)19-15(21)11-5-2-3-6-12(11)16(19)22/h2-4,7-8,10-12,18H,5-6,9H2,1H3/t10-,11-,12+/m0/s1. The molecule has 0 aromatic carbocycles. The number of fused-ring (bicyclic) bond motifs is 1. The number of ketones is 1. The molecule has 0 radical (unpaired) electrons. The van der Waals surface area contributed by atoms with Crippen molar-refractivity contribution < 1.29 is 23.9 Å². The number of ether oxygens (including phenoxy) is 1. The second kappa shape index (κ2) is 6.43. The lowest BCUT2D eigenvalue weighted by atomic mass is 9.85. The predicted octanol–water partition coefficient (Wildman–Crippen LogP) is 1.08. The number of Topliss-reactive ketones (excluding diaryl/α,β-unsaturated/α-hetero) is 1. The van der Waals surface area contributed by atoms with Crippen LogP contribution in [0.15, 0.2) is 30.5 Å². The number of hydrogen-bond donors (Lipinski definition) is 1. The van der Waals surface area contributed by atoms with Crippen molar-refractivity contribution in [2.75, 3.05) is 6.61 Å². The summed E-state index contributed by atoms with van der Waals surface area (Å²) in [4.78, 5) is 52.5. The number of nitrogens with one attached hydrogen (secondary N) is 1. The highest BCUT2D eigenvalue weighted by Crippen LogP contribution is 2.36. The normalized spacial score (nSPS) is 24.0. The number of likely N-dealkylation sites (tertiary alicyclic amines) is 1. The zero-order chi connectivity index (χ0) is 17.3. The van der Waals surface area contributed by atoms with E-state index in [-0.39, 0.29) is 17.6 Å². The van der Waals surface area contributed by atoms with Crippen molar-refractivity contribution in [3.8, 4) is 0 Å². The van der Waals surface area contributed by atoms with E-state index in [1.54, 1.807) is 18.3 Å². The number of carbonyl (C=O) groups is 4. The fourth-order valence-electron chi connectivity index (χ4n) is 3.15. The van der Waals surface area contributed by atoms with Crippen LogP contribution in [0.4, 0.5) is 0 Å². The van der Waals surface area contributed by atoms with Gasteiger partial charge in [0.2, 0.25) is 17.6 Å². The third-order valence-corrected chi connectivity index (χ3v) is 4.51. The zero-order valence-electron chi connectivity index (χ0n) is 13.2. The Morgan fingerprint density at radius 2 is 1.88 bits per heavy atom. The van der Waals surface area contributed by atoms with Crippen LogP contribution in [-0.4, -0.2) is 46.1 Å². The van der Waals surface area contributed by atoms with E-state index >= 15 is 0 Å². The molecular weight excluding hydrogens is 312 g/mol. The Bertz CT molecular complexity index is 681. The van der Waals surface area contributed by atoms with Crippen LogP contribution in [-0.2, 0) is 19.1 Å². The lowest BCUT2D eigenvalue weighted by Crippen LogP contribution is -2.44. The molecule has 2 aliphatic rings. The second-order valence-corrected chi connectivity index (χ2v) is 5.99. The molecule has 1 fully saturated rings. The molecule has 7 heteroatoms. The van der Waals surface area contributed by atoms with E-state index in [4.69, 9.17) is 4.74 Å². The molecule has 0 bridgehead atoms. The number of amides is 2. The van der Waals surface area contributed by atoms with Crippen LogP contribution in [0.25, 0.3) is 0 Å². The molecule has 3 atom stereocenters. The molecule has 1 aromatic rings. The van der Waals surface area contributed by atoms with Crippen LogP contribution in [0.5, 0.6) is 0 Å². The van der Waals surface area contributed by atoms with Crippen molar-refractivity contribution in [1.82, 2.24) is 9.88 Å². The molecule has 7 nitrogen and oxygen atoms in total. The fourth-order valence-corrected chi connectivity index (χ4v) is 3.15. The molecule has 0 unspecified atom stereocenters. The van der Waals surface area contributed by atoms with Gasteiger partial charge in [0.25, 0.3) is 0 Å². The first-order chi connectivity index (χ1) is 11.5. The van der Waals surface area contributed by atoms with Crippen molar-refractivity contribution in [2.24, 2.45) is 11.8 Å². The number of rotatable bonds is 5. The maximum Gasteiger partial charge on any atom is 0.329 e. The summed E-state index contributed by atoms with van der Waals surface area (Å²) in [6.07, 6.45) is 6.38. The molecule has 2 amide bonds. The van der Waals surface area contributed by atoms with Crippen molar-refractivity contribution in [3.63, 3.8) is 0 Å². The van der Waals surface area contributed by atoms with E-state index in [0.717, 1.165) is 4.90 Å². The summed E-state index contributed by atoms with van der Waals surface area (Å²) < 4.78 is 4.98. The van der Waals surface area contributed by atoms with Gasteiger partial charge >= 0.3 is 5.97 Å². The minimum atomic E-state index is -1.04. The average molecular weight is 330 g/mol. The largest absolute Gasteiger partial charge is 0.456 e. The van der Waals surface area contributed by atoms with Crippen LogP contribution in [0, 0.1) is 11.8 Å². The summed E-state index contributed by atoms with van der Waals surface area (Å²) >= 11 is 0. The summed E-state index contributed by atoms with van der Waals surface area (Å²) in [6, 6.07) is 2.20. The van der Waals surface area contributed by atoms with Gasteiger partial charge in [-0.1, -0.05) is 12.2 Å². The van der Waals surface area contributed by atoms with Gasteiger partial charge in [-0.2, -0.15) is 0 Å². The molecule has 24 heavy (non-hydrogen) atoms. The van der Waals surface area contributed by atoms with E-state index in [0.29, 0.717) is 18.5 Å². The summed E-state index contributed by atoms with van der Waals surface area (Å²) in [5.41, 5.74) is 0.334. The van der Waals surface area contributed by atoms with Gasteiger partial charge in [0, 0.05) is 6.20 Å². The molecule has 1 saturated heterocycles. The molecular formula is C17H18N2O5. The Hall–Kier alpha value is -2.70. The first kappa shape index (κ1) is 16.2. The fraction of sp³-hybridized carbons (Fsp3) is 0.412. The summed E-state index contributed by atoms with van der Waals surface area (Å²) in [5.74, 6) is -2.60. The number of carbonyl (C=O) groups excluding carboxylic acids is 4. The van der Waals surface area contributed by atoms with Crippen molar-refractivity contribution in [3.05, 3.63) is 36.2 Å². The zero-order valence-corrected chi connectivity index (χ0v) is 13.2. The van der Waals surface area contributed by atoms with E-state index in [1.807, 2.05) is 12.2 Å². The van der Waals surface area contributed by atoms with Crippen molar-refractivity contribution in [2.45, 2.75) is 25.8 Å². The SMILES string of the molecule is C[C@@H](C(=O)OCC(=O)c1ccc[nH]1)N1C(=O)[C@H]2CC=CC[C@H]2C1=O. The molecule has 0 spiro atoms. The van der Waals surface area contributed by atoms with E-state index in [9.17, 15) is 19.2 Å². The summed E-state index contributed by atoms with van der Waals surface area (Å²) in [7, 11) is 0. The number of aromatic amines is 1. The van der Waals surface area contributed by atoms with Gasteiger partial charge in [-0.15, -0.1) is 0 Å². The minimum Gasteiger partial charge on any atom is -0.456 e. The summed E-state index contributed by atoms with van der Waals surface area (Å²) in [6.45, 7) is 1.01. The number of H-pyrrole nitrogens is 1. The van der Waals surface area contributed by atoms with Crippen molar-refractivity contribution in [1.29, 1.82) is 0 Å². The maximum absolute atomic E-state index is 12.4. The van der Waals surface area contributed by atoms with E-state index < -0.39 is 30.5 Å². The molecule has 1 aliphatic carbocycles. The number of imide groups is 1. The number of hydrogen-bond acceptors (Lipinski definition) is 5. The first-order valence-electron chi connectivity index (χ1n) is 7.86. The molecule has 126 valence electrons. The second-order valence-electron chi connectivity index (χ2n) is 5.99. The van der Waals surface area contributed by atoms with Gasteiger partial charge in [-0.3, -0.25) is 19.3 Å². The monoisotopic (exact) mass is 330 g/mol. The quantitative estimate of drug-likeness (QED) is 0.377. The topological polar surface area (TPSA) is 96.5 Å². The maximum atomic E-state index is 12.4. The van der Waals surface area contributed by atoms with E-state index in [2.05, 4.69) is 4.98 Å². The third kappa shape index (κ3) is 2.77. The van der Waals surface area contributed by atoms with Gasteiger partial charge in [-0.25, -0.2) is 4.79 Å². The highest BCUT2D eigenvalue weighted by Gasteiger charge is 2.50. The van der Waals surface area contributed by atoms with Gasteiger partial charge in [0.1, 0.15) is 6.04 Å². The number of allylic oxidation sites excluding steroid dienone is 2. The van der Waals surface area contributed by atoms with Gasteiger partial charge in [0.15, 0.2) is 6.61 Å². The van der Waals surface area contributed by atoms with Gasteiger partial charge < -0.3 is 9.72 Å². The Kier molecular flexibility index (Phi) is 4.33. The van der Waals surface area contributed by atoms with E-state index in [1.165, 1.54) is 6.92 Å². The molecule has 1 N–H and O–H groups in total. The Morgan fingerprint density at radius 1 is 1.25 bits per heavy atom. The lowest BCUT2D eigenvalue weighted by Gasteiger charge is -2.21. The molecule has 2 heterocycles. The number of esters is 1. The van der Waals surface area contributed by atoms with Crippen LogP contribution in [0.1, 0.15) is 30.3 Å². The van der Waals surface area contributed by atoms with Crippen LogP contribution in [0.2, 0.25) is 0 Å². The Morgan fingerprint density at radius 3 is 2.42 bits per heavy atom. The van der Waals surface area contributed by atoms with Crippen LogP contribution in [0.3, 0.4) is 0 Å². The minimum absolute atomic E-state index is 0.334.